The average Bonchev–Trinajstić information content (AvgIpc) is 3.37. The summed E-state index contributed by atoms with van der Waals surface area (Å²) in [6.45, 7) is 0.141. The van der Waals surface area contributed by atoms with E-state index in [0.29, 0.717) is 23.1 Å². The predicted molar refractivity (Wildman–Crippen MR) is 95.7 cm³/mol. The third kappa shape index (κ3) is 2.61. The molecule has 4 heterocycles. The smallest absolute Gasteiger partial charge is 0.435 e. The molecule has 0 unspecified atom stereocenters. The van der Waals surface area contributed by atoms with Crippen molar-refractivity contribution in [3.8, 4) is 11.5 Å². The van der Waals surface area contributed by atoms with E-state index < -0.39 is 11.9 Å². The molecule has 5 rings (SSSR count). The van der Waals surface area contributed by atoms with Crippen LogP contribution in [0.3, 0.4) is 0 Å². The molecule has 2 aliphatic heterocycles. The maximum atomic E-state index is 13.7. The van der Waals surface area contributed by atoms with E-state index in [-0.39, 0.29) is 18.1 Å². The van der Waals surface area contributed by atoms with Gasteiger partial charge in [0, 0.05) is 18.0 Å². The maximum Gasteiger partial charge on any atom is 0.435 e. The molecule has 5 nitrogen and oxygen atoms in total. The summed E-state index contributed by atoms with van der Waals surface area (Å²) in [5.74, 6) is 1.70. The number of halogens is 3. The zero-order chi connectivity index (χ0) is 18.6. The summed E-state index contributed by atoms with van der Waals surface area (Å²) in [6.07, 6.45) is -2.97. The Kier molecular flexibility index (Phi) is 3.55. The van der Waals surface area contributed by atoms with Gasteiger partial charge in [-0.1, -0.05) is 6.07 Å². The molecule has 0 aliphatic carbocycles. The Hall–Kier alpha value is -2.81. The van der Waals surface area contributed by atoms with Gasteiger partial charge in [-0.2, -0.15) is 13.2 Å². The van der Waals surface area contributed by atoms with Crippen LogP contribution in [0.5, 0.6) is 11.5 Å². The van der Waals surface area contributed by atoms with Crippen LogP contribution >= 0.6 is 11.8 Å². The van der Waals surface area contributed by atoms with Gasteiger partial charge in [0.2, 0.25) is 6.79 Å². The summed E-state index contributed by atoms with van der Waals surface area (Å²) in [4.78, 5) is 5.65. The fourth-order valence-corrected chi connectivity index (χ4v) is 4.12. The number of aromatic nitrogens is 2. The molecule has 0 saturated carbocycles. The van der Waals surface area contributed by atoms with Crippen molar-refractivity contribution in [3.63, 3.8) is 0 Å². The van der Waals surface area contributed by atoms with E-state index in [1.54, 1.807) is 41.9 Å². The maximum absolute atomic E-state index is 13.7. The van der Waals surface area contributed by atoms with Crippen LogP contribution in [0.25, 0.3) is 11.3 Å². The highest BCUT2D eigenvalue weighted by molar-refractivity contribution is 8.02. The standard InChI is InChI=1S/C18H12F3N3O2S/c19-18(20,21)17-16(23-6-2-1-3-15(23)22-17)12-8-27-9-24(12)11-4-5-13-14(7-11)26-10-25-13/h1-8H,9-10H2. The third-order valence-electron chi connectivity index (χ3n) is 4.40. The minimum atomic E-state index is -4.56. The van der Waals surface area contributed by atoms with Crippen LogP contribution in [-0.2, 0) is 6.18 Å². The number of alkyl halides is 3. The topological polar surface area (TPSA) is 39.0 Å². The van der Waals surface area contributed by atoms with Gasteiger partial charge in [-0.25, -0.2) is 4.98 Å². The quantitative estimate of drug-likeness (QED) is 0.639. The number of nitrogens with zero attached hydrogens (tertiary/aromatic N) is 3. The molecule has 2 aromatic heterocycles. The largest absolute Gasteiger partial charge is 0.454 e. The molecule has 0 fully saturated rings. The number of benzene rings is 1. The number of hydrogen-bond acceptors (Lipinski definition) is 5. The monoisotopic (exact) mass is 391 g/mol. The van der Waals surface area contributed by atoms with Gasteiger partial charge < -0.3 is 14.4 Å². The number of pyridine rings is 1. The van der Waals surface area contributed by atoms with Gasteiger partial charge in [0.15, 0.2) is 17.2 Å². The Labute approximate surface area is 156 Å². The molecule has 0 bridgehead atoms. The van der Waals surface area contributed by atoms with E-state index in [0.717, 1.165) is 5.69 Å². The van der Waals surface area contributed by atoms with Gasteiger partial charge in [0.05, 0.1) is 11.6 Å². The predicted octanol–water partition coefficient (Wildman–Crippen LogP) is 4.59. The molecule has 0 radical (unpaired) electrons. The Balaban J connectivity index is 1.66. The van der Waals surface area contributed by atoms with E-state index in [1.807, 2.05) is 11.0 Å². The molecule has 2 aliphatic rings. The molecule has 138 valence electrons. The summed E-state index contributed by atoms with van der Waals surface area (Å²) in [5.41, 5.74) is 0.566. The second-order valence-corrected chi connectivity index (χ2v) is 6.83. The van der Waals surface area contributed by atoms with Crippen molar-refractivity contribution >= 4 is 28.8 Å². The molecule has 1 aromatic carbocycles. The van der Waals surface area contributed by atoms with Crippen molar-refractivity contribution in [2.24, 2.45) is 0 Å². The van der Waals surface area contributed by atoms with Gasteiger partial charge >= 0.3 is 6.18 Å². The van der Waals surface area contributed by atoms with E-state index in [4.69, 9.17) is 9.47 Å². The fourth-order valence-electron chi connectivity index (χ4n) is 3.21. The van der Waals surface area contributed by atoms with Gasteiger partial charge in [-0.05, 0) is 29.7 Å². The molecule has 0 saturated heterocycles. The lowest BCUT2D eigenvalue weighted by atomic mass is 10.2. The van der Waals surface area contributed by atoms with Crippen molar-refractivity contribution in [1.82, 2.24) is 9.38 Å². The second kappa shape index (κ2) is 5.85. The Morgan fingerprint density at radius 3 is 2.78 bits per heavy atom. The summed E-state index contributed by atoms with van der Waals surface area (Å²) in [6, 6.07) is 10.3. The first kappa shape index (κ1) is 16.4. The molecular formula is C18H12F3N3O2S. The van der Waals surface area contributed by atoms with Crippen LogP contribution < -0.4 is 14.4 Å². The number of fused-ring (bicyclic) bond motifs is 2. The van der Waals surface area contributed by atoms with Gasteiger partial charge in [0.1, 0.15) is 11.3 Å². The number of thioether (sulfide) groups is 1. The highest BCUT2D eigenvalue weighted by Crippen LogP contribution is 2.43. The molecule has 0 N–H and O–H groups in total. The lowest BCUT2D eigenvalue weighted by molar-refractivity contribution is -0.141. The fraction of sp³-hybridized carbons (Fsp3) is 0.167. The number of imidazole rings is 1. The molecule has 0 amide bonds. The summed E-state index contributed by atoms with van der Waals surface area (Å²) in [7, 11) is 0. The Bertz CT molecular complexity index is 1080. The first-order valence-electron chi connectivity index (χ1n) is 8.06. The number of rotatable bonds is 2. The van der Waals surface area contributed by atoms with Gasteiger partial charge in [0.25, 0.3) is 0 Å². The van der Waals surface area contributed by atoms with E-state index in [2.05, 4.69) is 4.98 Å². The van der Waals surface area contributed by atoms with Gasteiger partial charge in [-0.3, -0.25) is 4.40 Å². The van der Waals surface area contributed by atoms with Crippen molar-refractivity contribution in [3.05, 3.63) is 59.4 Å². The lowest BCUT2D eigenvalue weighted by Gasteiger charge is -2.23. The van der Waals surface area contributed by atoms with Crippen molar-refractivity contribution in [2.75, 3.05) is 17.6 Å². The highest BCUT2D eigenvalue weighted by atomic mass is 32.2. The first-order valence-corrected chi connectivity index (χ1v) is 9.11. The minimum absolute atomic E-state index is 0.0285. The van der Waals surface area contributed by atoms with Crippen LogP contribution in [0, 0.1) is 0 Å². The van der Waals surface area contributed by atoms with Crippen LogP contribution in [0.1, 0.15) is 11.4 Å². The van der Waals surface area contributed by atoms with E-state index in [1.165, 1.54) is 16.2 Å². The minimum Gasteiger partial charge on any atom is -0.454 e. The van der Waals surface area contributed by atoms with Crippen LogP contribution in [-0.4, -0.2) is 22.1 Å². The molecule has 0 atom stereocenters. The number of hydrogen-bond donors (Lipinski definition) is 0. The van der Waals surface area contributed by atoms with Crippen molar-refractivity contribution in [1.29, 1.82) is 0 Å². The average molecular weight is 391 g/mol. The number of ether oxygens (including phenoxy) is 2. The second-order valence-electron chi connectivity index (χ2n) is 6.00. The normalized spacial score (nSPS) is 16.3. The summed E-state index contributed by atoms with van der Waals surface area (Å²) in [5, 5.41) is 1.73. The van der Waals surface area contributed by atoms with Crippen LogP contribution in [0.15, 0.2) is 48.0 Å². The van der Waals surface area contributed by atoms with Crippen molar-refractivity contribution < 1.29 is 22.6 Å². The summed E-state index contributed by atoms with van der Waals surface area (Å²) < 4.78 is 53.2. The third-order valence-corrected chi connectivity index (χ3v) is 5.20. The summed E-state index contributed by atoms with van der Waals surface area (Å²) >= 11 is 1.43. The molecule has 3 aromatic rings. The highest BCUT2D eigenvalue weighted by Gasteiger charge is 2.40. The van der Waals surface area contributed by atoms with Crippen LogP contribution in [0.4, 0.5) is 18.9 Å². The SMILES string of the molecule is FC(F)(F)c1nc2ccccn2c1C1=CSCN1c1ccc2c(c1)OCO2. The molecule has 0 spiro atoms. The van der Waals surface area contributed by atoms with E-state index >= 15 is 0 Å². The molecular weight excluding hydrogens is 379 g/mol. The van der Waals surface area contributed by atoms with Crippen molar-refractivity contribution in [2.45, 2.75) is 6.18 Å². The zero-order valence-corrected chi connectivity index (χ0v) is 14.5. The van der Waals surface area contributed by atoms with Gasteiger partial charge in [-0.15, -0.1) is 11.8 Å². The first-order chi connectivity index (χ1) is 13.0. The van der Waals surface area contributed by atoms with Crippen LogP contribution in [0.2, 0.25) is 0 Å². The van der Waals surface area contributed by atoms with E-state index in [9.17, 15) is 13.2 Å². The molecule has 27 heavy (non-hydrogen) atoms. The molecule has 9 heteroatoms. The Morgan fingerprint density at radius 1 is 1.07 bits per heavy atom. The number of anilines is 1. The Morgan fingerprint density at radius 2 is 1.93 bits per heavy atom. The lowest BCUT2D eigenvalue weighted by Crippen LogP contribution is -2.20. The zero-order valence-electron chi connectivity index (χ0n) is 13.7.